The van der Waals surface area contributed by atoms with Crippen LogP contribution in [-0.2, 0) is 23.9 Å². The lowest BCUT2D eigenvalue weighted by molar-refractivity contribution is -0.145. The van der Waals surface area contributed by atoms with E-state index in [4.69, 9.17) is 10.8 Å². The molecule has 2 amide bonds. The molecule has 22 heavy (non-hydrogen) atoms. The summed E-state index contributed by atoms with van der Waals surface area (Å²) < 4.78 is 4.49. The number of hydrogen-bond donors (Lipinski definition) is 4. The predicted molar refractivity (Wildman–Crippen MR) is 76.6 cm³/mol. The minimum Gasteiger partial charge on any atom is -0.481 e. The van der Waals surface area contributed by atoms with Gasteiger partial charge in [-0.2, -0.15) is 0 Å². The van der Waals surface area contributed by atoms with E-state index in [1.165, 1.54) is 14.0 Å². The summed E-state index contributed by atoms with van der Waals surface area (Å²) >= 11 is 0. The SMILES string of the molecule is COC(=O)[C@H](C)NC(=O)[C@H](NC(=O)[C@@H](N)CC(=O)O)C(C)C. The molecule has 0 aliphatic heterocycles. The van der Waals surface area contributed by atoms with Gasteiger partial charge in [-0.3, -0.25) is 14.4 Å². The van der Waals surface area contributed by atoms with Crippen molar-refractivity contribution in [2.75, 3.05) is 7.11 Å². The predicted octanol–water partition coefficient (Wildman–Crippen LogP) is -1.39. The molecule has 9 heteroatoms. The van der Waals surface area contributed by atoms with Crippen LogP contribution in [0.2, 0.25) is 0 Å². The minimum atomic E-state index is -1.26. The van der Waals surface area contributed by atoms with Crippen molar-refractivity contribution in [3.05, 3.63) is 0 Å². The molecule has 0 saturated carbocycles. The molecule has 0 aromatic carbocycles. The van der Waals surface area contributed by atoms with Crippen LogP contribution in [-0.4, -0.2) is 54.1 Å². The van der Waals surface area contributed by atoms with Crippen LogP contribution in [0.15, 0.2) is 0 Å². The van der Waals surface area contributed by atoms with Crippen LogP contribution in [0.1, 0.15) is 27.2 Å². The van der Waals surface area contributed by atoms with E-state index in [0.29, 0.717) is 0 Å². The number of esters is 1. The van der Waals surface area contributed by atoms with E-state index >= 15 is 0 Å². The number of rotatable bonds is 8. The normalized spacial score (nSPS) is 14.6. The first kappa shape index (κ1) is 19.8. The quantitative estimate of drug-likeness (QED) is 0.403. The van der Waals surface area contributed by atoms with Gasteiger partial charge in [-0.05, 0) is 12.8 Å². The van der Waals surface area contributed by atoms with Gasteiger partial charge in [0, 0.05) is 0 Å². The fourth-order valence-electron chi connectivity index (χ4n) is 1.61. The van der Waals surface area contributed by atoms with Crippen molar-refractivity contribution in [3.8, 4) is 0 Å². The van der Waals surface area contributed by atoms with Crippen molar-refractivity contribution >= 4 is 23.8 Å². The molecule has 5 N–H and O–H groups in total. The summed E-state index contributed by atoms with van der Waals surface area (Å²) in [5.41, 5.74) is 5.44. The molecule has 0 rings (SSSR count). The third-order valence-electron chi connectivity index (χ3n) is 2.89. The molecule has 0 radical (unpaired) electrons. The van der Waals surface area contributed by atoms with Gasteiger partial charge in [0.05, 0.1) is 19.6 Å². The maximum absolute atomic E-state index is 12.1. The number of nitrogens with one attached hydrogen (secondary N) is 2. The van der Waals surface area contributed by atoms with Gasteiger partial charge in [-0.1, -0.05) is 13.8 Å². The van der Waals surface area contributed by atoms with Gasteiger partial charge in [-0.25, -0.2) is 4.79 Å². The molecule has 0 unspecified atom stereocenters. The monoisotopic (exact) mass is 317 g/mol. The number of aliphatic carboxylic acids is 1. The zero-order chi connectivity index (χ0) is 17.4. The van der Waals surface area contributed by atoms with Crippen molar-refractivity contribution in [2.45, 2.75) is 45.3 Å². The lowest BCUT2D eigenvalue weighted by Gasteiger charge is -2.24. The van der Waals surface area contributed by atoms with E-state index < -0.39 is 48.3 Å². The highest BCUT2D eigenvalue weighted by molar-refractivity contribution is 5.93. The number of carbonyl (C=O) groups excluding carboxylic acids is 3. The number of ether oxygens (including phenoxy) is 1. The molecule has 0 aromatic heterocycles. The maximum atomic E-state index is 12.1. The Morgan fingerprint density at radius 2 is 1.64 bits per heavy atom. The first-order valence-corrected chi connectivity index (χ1v) is 6.76. The number of nitrogens with two attached hydrogens (primary N) is 1. The van der Waals surface area contributed by atoms with Crippen molar-refractivity contribution in [1.29, 1.82) is 0 Å². The fourth-order valence-corrected chi connectivity index (χ4v) is 1.61. The maximum Gasteiger partial charge on any atom is 0.328 e. The second-order valence-corrected chi connectivity index (χ2v) is 5.19. The van der Waals surface area contributed by atoms with Crippen molar-refractivity contribution in [2.24, 2.45) is 11.7 Å². The number of carboxylic acids is 1. The largest absolute Gasteiger partial charge is 0.481 e. The highest BCUT2D eigenvalue weighted by Crippen LogP contribution is 2.04. The van der Waals surface area contributed by atoms with Gasteiger partial charge in [0.25, 0.3) is 0 Å². The first-order valence-electron chi connectivity index (χ1n) is 6.76. The van der Waals surface area contributed by atoms with Crippen LogP contribution in [0.5, 0.6) is 0 Å². The summed E-state index contributed by atoms with van der Waals surface area (Å²) in [6, 6.07) is -3.08. The number of carbonyl (C=O) groups is 4. The van der Waals surface area contributed by atoms with Crippen molar-refractivity contribution in [1.82, 2.24) is 10.6 Å². The van der Waals surface area contributed by atoms with Gasteiger partial charge in [0.15, 0.2) is 0 Å². The van der Waals surface area contributed by atoms with Crippen LogP contribution in [0.4, 0.5) is 0 Å². The molecular weight excluding hydrogens is 294 g/mol. The Bertz CT molecular complexity index is 437. The average molecular weight is 317 g/mol. The molecule has 0 bridgehead atoms. The third-order valence-corrected chi connectivity index (χ3v) is 2.89. The number of methoxy groups -OCH3 is 1. The molecule has 0 aliphatic rings. The third kappa shape index (κ3) is 6.53. The molecular formula is C13H23N3O6. The standard InChI is InChI=1S/C13H23N3O6/c1-6(2)10(12(20)15-7(3)13(21)22-4)16-11(19)8(14)5-9(17)18/h6-8,10H,5,14H2,1-4H3,(H,15,20)(H,16,19)(H,17,18)/t7-,8-,10+/m0/s1. The van der Waals surface area contributed by atoms with Gasteiger partial charge in [0.1, 0.15) is 12.1 Å². The highest BCUT2D eigenvalue weighted by Gasteiger charge is 2.29. The molecule has 0 aromatic rings. The lowest BCUT2D eigenvalue weighted by atomic mass is 10.0. The molecule has 0 fully saturated rings. The Hall–Kier alpha value is -2.16. The zero-order valence-electron chi connectivity index (χ0n) is 13.1. The van der Waals surface area contributed by atoms with Crippen molar-refractivity contribution in [3.63, 3.8) is 0 Å². The van der Waals surface area contributed by atoms with E-state index in [1.807, 2.05) is 0 Å². The average Bonchev–Trinajstić information content (AvgIpc) is 2.41. The zero-order valence-corrected chi connectivity index (χ0v) is 13.1. The molecule has 0 saturated heterocycles. The summed E-state index contributed by atoms with van der Waals surface area (Å²) in [4.78, 5) is 45.7. The Labute approximate surface area is 128 Å². The van der Waals surface area contributed by atoms with Crippen LogP contribution in [0, 0.1) is 5.92 Å². The van der Waals surface area contributed by atoms with Gasteiger partial charge in [0.2, 0.25) is 11.8 Å². The Morgan fingerprint density at radius 1 is 1.09 bits per heavy atom. The van der Waals surface area contributed by atoms with Crippen LogP contribution in [0.3, 0.4) is 0 Å². The number of amides is 2. The van der Waals surface area contributed by atoms with Crippen LogP contribution in [0.25, 0.3) is 0 Å². The van der Waals surface area contributed by atoms with Crippen LogP contribution < -0.4 is 16.4 Å². The first-order chi connectivity index (χ1) is 10.1. The summed E-state index contributed by atoms with van der Waals surface area (Å²) in [6.07, 6.45) is -0.545. The fraction of sp³-hybridized carbons (Fsp3) is 0.692. The van der Waals surface area contributed by atoms with Gasteiger partial charge in [-0.15, -0.1) is 0 Å². The number of hydrogen-bond acceptors (Lipinski definition) is 6. The molecule has 3 atom stereocenters. The summed E-state index contributed by atoms with van der Waals surface area (Å²) in [7, 11) is 1.19. The molecule has 9 nitrogen and oxygen atoms in total. The van der Waals surface area contributed by atoms with Gasteiger partial charge >= 0.3 is 11.9 Å². The second-order valence-electron chi connectivity index (χ2n) is 5.19. The Balaban J connectivity index is 4.79. The minimum absolute atomic E-state index is 0.286. The highest BCUT2D eigenvalue weighted by atomic mass is 16.5. The molecule has 0 heterocycles. The Kier molecular flexibility index (Phi) is 8.10. The van der Waals surface area contributed by atoms with E-state index in [0.717, 1.165) is 0 Å². The summed E-state index contributed by atoms with van der Waals surface area (Å²) in [6.45, 7) is 4.82. The van der Waals surface area contributed by atoms with Crippen LogP contribution >= 0.6 is 0 Å². The Morgan fingerprint density at radius 3 is 2.05 bits per heavy atom. The summed E-state index contributed by atoms with van der Waals surface area (Å²) in [5.74, 6) is -3.45. The molecule has 0 aliphatic carbocycles. The van der Waals surface area contributed by atoms with Gasteiger partial charge < -0.3 is 26.2 Å². The van der Waals surface area contributed by atoms with Crippen molar-refractivity contribution < 1.29 is 29.0 Å². The topological polar surface area (TPSA) is 148 Å². The van der Waals surface area contributed by atoms with E-state index in [9.17, 15) is 19.2 Å². The van der Waals surface area contributed by atoms with E-state index in [2.05, 4.69) is 15.4 Å². The second kappa shape index (κ2) is 8.98. The van der Waals surface area contributed by atoms with E-state index in [-0.39, 0.29) is 5.92 Å². The summed E-state index contributed by atoms with van der Waals surface area (Å²) in [5, 5.41) is 13.4. The number of carboxylic acid groups (broad SMARTS) is 1. The molecule has 126 valence electrons. The molecule has 0 spiro atoms. The lowest BCUT2D eigenvalue weighted by Crippen LogP contribution is -2.56. The van der Waals surface area contributed by atoms with E-state index in [1.54, 1.807) is 13.8 Å². The smallest absolute Gasteiger partial charge is 0.328 e.